The van der Waals surface area contributed by atoms with E-state index in [0.717, 1.165) is 22.1 Å². The van der Waals surface area contributed by atoms with Crippen LogP contribution in [0.4, 0.5) is 5.69 Å². The Kier molecular flexibility index (Phi) is 7.17. The molecule has 0 aliphatic carbocycles. The van der Waals surface area contributed by atoms with Gasteiger partial charge < -0.3 is 19.8 Å². The van der Waals surface area contributed by atoms with Gasteiger partial charge in [0.1, 0.15) is 17.9 Å². The zero-order valence-electron chi connectivity index (χ0n) is 19.2. The molecule has 4 aromatic rings. The van der Waals surface area contributed by atoms with Gasteiger partial charge in [-0.1, -0.05) is 29.8 Å². The van der Waals surface area contributed by atoms with Crippen molar-refractivity contribution in [3.8, 4) is 5.75 Å². The molecule has 4 rings (SSSR count). The van der Waals surface area contributed by atoms with Crippen molar-refractivity contribution < 1.29 is 18.7 Å². The number of amides is 2. The van der Waals surface area contributed by atoms with Crippen molar-refractivity contribution in [2.45, 2.75) is 20.5 Å². The van der Waals surface area contributed by atoms with E-state index < -0.39 is 5.63 Å². The minimum atomic E-state index is -0.405. The van der Waals surface area contributed by atoms with Crippen LogP contribution in [0.25, 0.3) is 11.0 Å². The molecule has 0 radical (unpaired) electrons. The fourth-order valence-corrected chi connectivity index (χ4v) is 3.69. The first-order valence-electron chi connectivity index (χ1n) is 10.9. The van der Waals surface area contributed by atoms with Crippen LogP contribution in [-0.4, -0.2) is 18.4 Å². The summed E-state index contributed by atoms with van der Waals surface area (Å²) in [6, 6.07) is 18.9. The summed E-state index contributed by atoms with van der Waals surface area (Å²) in [5, 5.41) is 6.75. The van der Waals surface area contributed by atoms with Crippen molar-refractivity contribution in [1.29, 1.82) is 0 Å². The van der Waals surface area contributed by atoms with Gasteiger partial charge in [0, 0.05) is 33.8 Å². The van der Waals surface area contributed by atoms with E-state index in [1.807, 2.05) is 19.1 Å². The van der Waals surface area contributed by atoms with Crippen molar-refractivity contribution in [2.24, 2.45) is 0 Å². The highest BCUT2D eigenvalue weighted by molar-refractivity contribution is 6.31. The number of benzene rings is 3. The summed E-state index contributed by atoms with van der Waals surface area (Å²) in [5.41, 5.74) is 3.53. The van der Waals surface area contributed by atoms with Gasteiger partial charge >= 0.3 is 5.63 Å². The van der Waals surface area contributed by atoms with Crippen molar-refractivity contribution in [1.82, 2.24) is 5.32 Å². The van der Waals surface area contributed by atoms with E-state index in [4.69, 9.17) is 20.8 Å². The second-order valence-corrected chi connectivity index (χ2v) is 8.44. The molecule has 0 saturated heterocycles. The second-order valence-electron chi connectivity index (χ2n) is 8.04. The first-order valence-corrected chi connectivity index (χ1v) is 11.3. The predicted molar refractivity (Wildman–Crippen MR) is 135 cm³/mol. The summed E-state index contributed by atoms with van der Waals surface area (Å²) in [6.45, 7) is 3.75. The van der Waals surface area contributed by atoms with Crippen LogP contribution in [0.5, 0.6) is 5.75 Å². The molecule has 0 atom stereocenters. The molecule has 7 nitrogen and oxygen atoms in total. The Bertz CT molecular complexity index is 1460. The van der Waals surface area contributed by atoms with Crippen LogP contribution in [0.3, 0.4) is 0 Å². The maximum Gasteiger partial charge on any atom is 0.336 e. The Morgan fingerprint density at radius 2 is 1.77 bits per heavy atom. The molecule has 3 aromatic carbocycles. The van der Waals surface area contributed by atoms with E-state index >= 15 is 0 Å². The standard InChI is InChI=1S/C27H23ClN2O5/c1-16-12-26(32)35-24-13-20(10-11-21(16)24)34-15-18-6-8-19(9-7-18)27(33)29-14-25(31)30-23-5-3-4-22(28)17(23)2/h3-13H,14-15H2,1-2H3,(H,29,33)(H,30,31). The maximum absolute atomic E-state index is 12.4. The minimum Gasteiger partial charge on any atom is -0.489 e. The second kappa shape index (κ2) is 10.4. The Hall–Kier alpha value is -4.10. The zero-order chi connectivity index (χ0) is 24.9. The number of carbonyl (C=O) groups is 2. The molecule has 0 saturated carbocycles. The summed E-state index contributed by atoms with van der Waals surface area (Å²) in [7, 11) is 0. The molecular weight excluding hydrogens is 468 g/mol. The van der Waals surface area contributed by atoms with Crippen LogP contribution in [0, 0.1) is 13.8 Å². The molecule has 178 valence electrons. The van der Waals surface area contributed by atoms with Crippen LogP contribution in [0.2, 0.25) is 5.02 Å². The molecule has 8 heteroatoms. The van der Waals surface area contributed by atoms with E-state index in [9.17, 15) is 14.4 Å². The molecule has 0 aliphatic rings. The van der Waals surface area contributed by atoms with E-state index in [1.54, 1.807) is 55.5 Å². The molecule has 2 amide bonds. The van der Waals surface area contributed by atoms with Gasteiger partial charge in [0.25, 0.3) is 5.91 Å². The monoisotopic (exact) mass is 490 g/mol. The van der Waals surface area contributed by atoms with Crippen molar-refractivity contribution >= 4 is 40.1 Å². The van der Waals surface area contributed by atoms with Crippen LogP contribution in [-0.2, 0) is 11.4 Å². The predicted octanol–water partition coefficient (Wildman–Crippen LogP) is 5.01. The van der Waals surface area contributed by atoms with E-state index in [-0.39, 0.29) is 25.0 Å². The number of nitrogens with one attached hydrogen (secondary N) is 2. The number of aryl methyl sites for hydroxylation is 1. The largest absolute Gasteiger partial charge is 0.489 e. The highest BCUT2D eigenvalue weighted by atomic mass is 35.5. The summed E-state index contributed by atoms with van der Waals surface area (Å²) >= 11 is 6.06. The third kappa shape index (κ3) is 5.88. The average Bonchev–Trinajstić information content (AvgIpc) is 2.84. The maximum atomic E-state index is 12.4. The summed E-state index contributed by atoms with van der Waals surface area (Å²) in [6.07, 6.45) is 0. The number of hydrogen-bond donors (Lipinski definition) is 2. The fraction of sp³-hybridized carbons (Fsp3) is 0.148. The van der Waals surface area contributed by atoms with Crippen LogP contribution < -0.4 is 21.0 Å². The quantitative estimate of drug-likeness (QED) is 0.355. The SMILES string of the molecule is Cc1c(Cl)cccc1NC(=O)CNC(=O)c1ccc(COc2ccc3c(C)cc(=O)oc3c2)cc1. The van der Waals surface area contributed by atoms with Gasteiger partial charge in [0.15, 0.2) is 0 Å². The van der Waals surface area contributed by atoms with Crippen molar-refractivity contribution in [3.63, 3.8) is 0 Å². The number of ether oxygens (including phenoxy) is 1. The minimum absolute atomic E-state index is 0.173. The zero-order valence-corrected chi connectivity index (χ0v) is 19.9. The molecule has 0 spiro atoms. The first kappa shape index (κ1) is 24.0. The molecule has 35 heavy (non-hydrogen) atoms. The van der Waals surface area contributed by atoms with Gasteiger partial charge in [0.05, 0.1) is 6.54 Å². The van der Waals surface area contributed by atoms with E-state index in [2.05, 4.69) is 10.6 Å². The molecule has 1 aromatic heterocycles. The number of rotatable bonds is 7. The Morgan fingerprint density at radius 1 is 1.00 bits per heavy atom. The molecule has 0 aliphatic heterocycles. The van der Waals surface area contributed by atoms with Gasteiger partial charge in [-0.05, 0) is 66.9 Å². The lowest BCUT2D eigenvalue weighted by Gasteiger charge is -2.11. The number of halogens is 1. The van der Waals surface area contributed by atoms with Crippen LogP contribution >= 0.6 is 11.6 Å². The fourth-order valence-electron chi connectivity index (χ4n) is 3.51. The van der Waals surface area contributed by atoms with E-state index in [0.29, 0.717) is 27.6 Å². The van der Waals surface area contributed by atoms with Gasteiger partial charge in [-0.2, -0.15) is 0 Å². The van der Waals surface area contributed by atoms with Gasteiger partial charge in [-0.3, -0.25) is 9.59 Å². The molecule has 0 unspecified atom stereocenters. The lowest BCUT2D eigenvalue weighted by atomic mass is 10.1. The number of fused-ring (bicyclic) bond motifs is 1. The Morgan fingerprint density at radius 3 is 2.54 bits per heavy atom. The average molecular weight is 491 g/mol. The third-order valence-electron chi connectivity index (χ3n) is 5.50. The summed E-state index contributed by atoms with van der Waals surface area (Å²) < 4.78 is 11.1. The van der Waals surface area contributed by atoms with Gasteiger partial charge in [0.2, 0.25) is 5.91 Å². The lowest BCUT2D eigenvalue weighted by molar-refractivity contribution is -0.115. The Labute approximate surface area is 206 Å². The molecular formula is C27H23ClN2O5. The highest BCUT2D eigenvalue weighted by Gasteiger charge is 2.11. The molecule has 0 fully saturated rings. The Balaban J connectivity index is 1.31. The van der Waals surface area contributed by atoms with Crippen molar-refractivity contribution in [3.05, 3.63) is 104 Å². The highest BCUT2D eigenvalue weighted by Crippen LogP contribution is 2.24. The van der Waals surface area contributed by atoms with E-state index in [1.165, 1.54) is 6.07 Å². The summed E-state index contributed by atoms with van der Waals surface area (Å²) in [4.78, 5) is 36.2. The van der Waals surface area contributed by atoms with Gasteiger partial charge in [-0.15, -0.1) is 0 Å². The van der Waals surface area contributed by atoms with Crippen molar-refractivity contribution in [2.75, 3.05) is 11.9 Å². The number of carbonyl (C=O) groups excluding carboxylic acids is 2. The smallest absolute Gasteiger partial charge is 0.336 e. The molecule has 2 N–H and O–H groups in total. The third-order valence-corrected chi connectivity index (χ3v) is 5.91. The number of anilines is 1. The lowest BCUT2D eigenvalue weighted by Crippen LogP contribution is -2.33. The topological polar surface area (TPSA) is 97.6 Å². The summed E-state index contributed by atoms with van der Waals surface area (Å²) in [5.74, 6) is -0.153. The molecule has 0 bridgehead atoms. The van der Waals surface area contributed by atoms with Gasteiger partial charge in [-0.25, -0.2) is 4.79 Å². The normalized spacial score (nSPS) is 10.7. The molecule has 1 heterocycles. The van der Waals surface area contributed by atoms with Crippen LogP contribution in [0.15, 0.2) is 75.9 Å². The van der Waals surface area contributed by atoms with Crippen LogP contribution in [0.1, 0.15) is 27.0 Å². The number of hydrogen-bond acceptors (Lipinski definition) is 5. The first-order chi connectivity index (χ1) is 16.8.